The van der Waals surface area contributed by atoms with E-state index in [4.69, 9.17) is 9.47 Å². The zero-order valence-electron chi connectivity index (χ0n) is 12.8. The van der Waals surface area contributed by atoms with Crippen molar-refractivity contribution < 1.29 is 29.0 Å². The van der Waals surface area contributed by atoms with E-state index >= 15 is 0 Å². The molecule has 0 aromatic carbocycles. The Morgan fingerprint density at radius 1 is 1.41 bits per heavy atom. The van der Waals surface area contributed by atoms with E-state index in [0.717, 1.165) is 0 Å². The van der Waals surface area contributed by atoms with Crippen LogP contribution in [0.1, 0.15) is 34.1 Å². The first-order valence-corrected chi connectivity index (χ1v) is 7.44. The molecule has 1 aliphatic rings. The number of esters is 1. The molecule has 0 heterocycles. The molecule has 7 nitrogen and oxygen atoms in total. The van der Waals surface area contributed by atoms with Crippen molar-refractivity contribution >= 4 is 34.1 Å². The number of ether oxygens (including phenoxy) is 2. The highest BCUT2D eigenvalue weighted by Gasteiger charge is 2.69. The van der Waals surface area contributed by atoms with Crippen LogP contribution in [-0.4, -0.2) is 45.9 Å². The summed E-state index contributed by atoms with van der Waals surface area (Å²) in [7, 11) is 0. The summed E-state index contributed by atoms with van der Waals surface area (Å²) in [6, 6.07) is 0. The van der Waals surface area contributed by atoms with Crippen LogP contribution in [0.3, 0.4) is 0 Å². The van der Waals surface area contributed by atoms with Crippen molar-refractivity contribution in [3.8, 4) is 10.8 Å². The van der Waals surface area contributed by atoms with Crippen molar-refractivity contribution in [2.24, 2.45) is 5.92 Å². The fraction of sp³-hybridized carbons (Fsp3) is 0.643. The fourth-order valence-electron chi connectivity index (χ4n) is 2.03. The lowest BCUT2D eigenvalue weighted by molar-refractivity contribution is -0.150. The Bertz CT molecular complexity index is 544. The third-order valence-corrected chi connectivity index (χ3v) is 3.18. The number of nitrogens with zero attached hydrogens (tertiary/aromatic N) is 1. The lowest BCUT2D eigenvalue weighted by Crippen LogP contribution is -2.53. The topological polar surface area (TPSA) is 93.1 Å². The van der Waals surface area contributed by atoms with Gasteiger partial charge in [-0.1, -0.05) is 5.92 Å². The molecule has 0 radical (unpaired) electrons. The molecule has 1 unspecified atom stereocenters. The molecule has 1 fully saturated rings. The number of halogens is 1. The van der Waals surface area contributed by atoms with Crippen LogP contribution in [0, 0.1) is 16.7 Å². The molecule has 1 saturated carbocycles. The highest BCUT2D eigenvalue weighted by molar-refractivity contribution is 9.12. The second-order valence-corrected chi connectivity index (χ2v) is 6.14. The third-order valence-electron chi connectivity index (χ3n) is 2.96. The van der Waals surface area contributed by atoms with Crippen LogP contribution < -0.4 is 0 Å². The molecule has 0 aromatic rings. The van der Waals surface area contributed by atoms with Crippen molar-refractivity contribution in [2.75, 3.05) is 6.61 Å². The quantitative estimate of drug-likeness (QED) is 0.601. The van der Waals surface area contributed by atoms with Crippen LogP contribution in [0.5, 0.6) is 0 Å². The maximum Gasteiger partial charge on any atom is 0.420 e. The maximum absolute atomic E-state index is 12.2. The van der Waals surface area contributed by atoms with E-state index in [2.05, 4.69) is 26.7 Å². The third kappa shape index (κ3) is 3.71. The Kier molecular flexibility index (Phi) is 5.46. The lowest BCUT2D eigenvalue weighted by atomic mass is 10.1. The van der Waals surface area contributed by atoms with Crippen LogP contribution in [0.25, 0.3) is 0 Å². The first-order valence-electron chi connectivity index (χ1n) is 6.64. The first kappa shape index (κ1) is 18.3. The minimum absolute atomic E-state index is 0.0663. The smallest absolute Gasteiger partial charge is 0.420 e. The minimum Gasteiger partial charge on any atom is -0.464 e. The monoisotopic (exact) mass is 375 g/mol. The second-order valence-electron chi connectivity index (χ2n) is 5.74. The van der Waals surface area contributed by atoms with Crippen molar-refractivity contribution in [1.82, 2.24) is 4.90 Å². The van der Waals surface area contributed by atoms with Gasteiger partial charge in [0.15, 0.2) is 5.54 Å². The number of imide groups is 1. The van der Waals surface area contributed by atoms with Gasteiger partial charge in [0.2, 0.25) is 0 Å². The van der Waals surface area contributed by atoms with Gasteiger partial charge in [0, 0.05) is 22.4 Å². The van der Waals surface area contributed by atoms with Crippen LogP contribution in [0.4, 0.5) is 9.59 Å². The van der Waals surface area contributed by atoms with E-state index in [-0.39, 0.29) is 13.0 Å². The van der Waals surface area contributed by atoms with E-state index in [0.29, 0.717) is 4.90 Å². The Hall–Kier alpha value is -1.75. The number of amides is 2. The highest BCUT2D eigenvalue weighted by atomic mass is 79.9. The van der Waals surface area contributed by atoms with Gasteiger partial charge < -0.3 is 14.6 Å². The molecule has 1 aliphatic carbocycles. The average molecular weight is 376 g/mol. The van der Waals surface area contributed by atoms with E-state index in [9.17, 15) is 19.5 Å². The molecular formula is C14H18BrNO6. The summed E-state index contributed by atoms with van der Waals surface area (Å²) < 4.78 is 10.0. The molecule has 0 aliphatic heterocycles. The Labute approximate surface area is 137 Å². The van der Waals surface area contributed by atoms with E-state index in [1.54, 1.807) is 27.7 Å². The average Bonchev–Trinajstić information content (AvgIpc) is 3.02. The Morgan fingerprint density at radius 2 is 2.00 bits per heavy atom. The van der Waals surface area contributed by atoms with Gasteiger partial charge >= 0.3 is 18.2 Å². The molecule has 0 aromatic heterocycles. The predicted molar refractivity (Wildman–Crippen MR) is 80.3 cm³/mol. The van der Waals surface area contributed by atoms with Gasteiger partial charge in [-0.25, -0.2) is 14.4 Å². The lowest BCUT2D eigenvalue weighted by Gasteiger charge is -2.29. The van der Waals surface area contributed by atoms with Crippen LogP contribution in [0.2, 0.25) is 0 Å². The molecule has 1 rings (SSSR count). The van der Waals surface area contributed by atoms with Gasteiger partial charge in [0.25, 0.3) is 0 Å². The minimum atomic E-state index is -1.65. The molecular weight excluding hydrogens is 358 g/mol. The van der Waals surface area contributed by atoms with Crippen molar-refractivity contribution in [1.29, 1.82) is 0 Å². The van der Waals surface area contributed by atoms with Gasteiger partial charge in [-0.2, -0.15) is 4.90 Å². The molecule has 2 amide bonds. The molecule has 122 valence electrons. The van der Waals surface area contributed by atoms with Crippen LogP contribution in [-0.2, 0) is 14.3 Å². The number of hydrogen-bond acceptors (Lipinski definition) is 5. The van der Waals surface area contributed by atoms with Gasteiger partial charge in [0.1, 0.15) is 5.60 Å². The zero-order chi connectivity index (χ0) is 17.1. The summed E-state index contributed by atoms with van der Waals surface area (Å²) in [5.74, 6) is 1.22. The van der Waals surface area contributed by atoms with Gasteiger partial charge in [-0.05, 0) is 32.5 Å². The van der Waals surface area contributed by atoms with Gasteiger partial charge in [-0.3, -0.25) is 0 Å². The van der Waals surface area contributed by atoms with Crippen molar-refractivity contribution in [2.45, 2.75) is 45.3 Å². The summed E-state index contributed by atoms with van der Waals surface area (Å²) >= 11 is 2.91. The number of rotatable bonds is 3. The Balaban J connectivity index is 3.18. The van der Waals surface area contributed by atoms with Crippen molar-refractivity contribution in [3.05, 3.63) is 0 Å². The first-order chi connectivity index (χ1) is 10.1. The summed E-state index contributed by atoms with van der Waals surface area (Å²) in [4.78, 5) is 38.8. The number of hydrogen-bond donors (Lipinski definition) is 1. The van der Waals surface area contributed by atoms with E-state index < -0.39 is 35.2 Å². The predicted octanol–water partition coefficient (Wildman–Crippen LogP) is 2.58. The van der Waals surface area contributed by atoms with E-state index in [1.807, 2.05) is 0 Å². The SMILES string of the molecule is CCOC(=O)[C@@]1(N(C(=O)O)C(=O)OC(C)(C)C)CC1C#CBr. The standard InChI is InChI=1S/C14H18BrNO6/c1-5-21-10(17)14(8-9(14)6-7-15)16(11(18)19)12(20)22-13(2,3)4/h9H,5,8H2,1-4H3,(H,18,19)/t9?,14-/m1/s1. The maximum atomic E-state index is 12.2. The fourth-order valence-corrected chi connectivity index (χ4v) is 2.30. The normalized spacial score (nSPS) is 22.9. The summed E-state index contributed by atoms with van der Waals surface area (Å²) in [5.41, 5.74) is -2.54. The van der Waals surface area contributed by atoms with Crippen LogP contribution in [0.15, 0.2) is 0 Å². The number of carboxylic acid groups (broad SMARTS) is 1. The summed E-state index contributed by atoms with van der Waals surface area (Å²) in [6.07, 6.45) is -2.62. The molecule has 0 spiro atoms. The highest BCUT2D eigenvalue weighted by Crippen LogP contribution is 2.50. The van der Waals surface area contributed by atoms with Crippen LogP contribution >= 0.6 is 15.9 Å². The zero-order valence-corrected chi connectivity index (χ0v) is 14.4. The number of carbonyl (C=O) groups excluding carboxylic acids is 2. The molecule has 1 N–H and O–H groups in total. The van der Waals surface area contributed by atoms with Gasteiger partial charge in [0.05, 0.1) is 12.5 Å². The molecule has 22 heavy (non-hydrogen) atoms. The number of carbonyl (C=O) groups is 3. The summed E-state index contributed by atoms with van der Waals surface area (Å²) in [6.45, 7) is 6.47. The summed E-state index contributed by atoms with van der Waals surface area (Å²) in [5, 5.41) is 9.38. The molecule has 0 bridgehead atoms. The molecule has 8 heteroatoms. The molecule has 0 saturated heterocycles. The van der Waals surface area contributed by atoms with Gasteiger partial charge in [-0.15, -0.1) is 0 Å². The largest absolute Gasteiger partial charge is 0.464 e. The molecule has 2 atom stereocenters. The second kappa shape index (κ2) is 6.57. The van der Waals surface area contributed by atoms with Crippen molar-refractivity contribution in [3.63, 3.8) is 0 Å². The van der Waals surface area contributed by atoms with E-state index in [1.165, 1.54) is 0 Å². The Morgan fingerprint density at radius 3 is 2.41 bits per heavy atom.